The molecule has 2 heterocycles. The van der Waals surface area contributed by atoms with Crippen molar-refractivity contribution in [3.05, 3.63) is 75.7 Å². The molecule has 1 N–H and O–H groups in total. The highest BCUT2D eigenvalue weighted by molar-refractivity contribution is 5.65. The fourth-order valence-electron chi connectivity index (χ4n) is 2.69. The Balaban J connectivity index is 1.70. The molecular formula is C18H14N4O2. The van der Waals surface area contributed by atoms with E-state index in [9.17, 15) is 4.79 Å². The van der Waals surface area contributed by atoms with Crippen LogP contribution in [-0.4, -0.2) is 20.3 Å². The number of H-pyrrole nitrogens is 1. The normalized spacial score (nSPS) is 11.0. The van der Waals surface area contributed by atoms with E-state index in [2.05, 4.69) is 62.2 Å². The third-order valence-electron chi connectivity index (χ3n) is 3.86. The quantitative estimate of drug-likeness (QED) is 0.628. The van der Waals surface area contributed by atoms with Gasteiger partial charge in [-0.15, -0.1) is 0 Å². The Morgan fingerprint density at radius 3 is 2.67 bits per heavy atom. The molecule has 0 atom stereocenters. The number of aryl methyl sites for hydroxylation is 1. The molecule has 0 saturated heterocycles. The molecule has 0 aliphatic heterocycles. The molecule has 0 saturated carbocycles. The van der Waals surface area contributed by atoms with Crippen molar-refractivity contribution in [2.75, 3.05) is 0 Å². The Hall–Kier alpha value is -3.28. The van der Waals surface area contributed by atoms with Crippen LogP contribution in [0.1, 0.15) is 16.8 Å². The van der Waals surface area contributed by atoms with Gasteiger partial charge in [0, 0.05) is 6.42 Å². The van der Waals surface area contributed by atoms with Crippen molar-refractivity contribution in [1.82, 2.24) is 20.3 Å². The van der Waals surface area contributed by atoms with E-state index in [-0.39, 0.29) is 11.2 Å². The summed E-state index contributed by atoms with van der Waals surface area (Å²) >= 11 is 0. The number of hydrogen-bond acceptors (Lipinski definition) is 5. The topological polar surface area (TPSA) is 84.7 Å². The SMILES string of the molecule is Cc1cccc(-c2cccc(Cc3nc4nonc4[nH]c3=O)c2)c1. The smallest absolute Gasteiger partial charge is 0.271 e. The van der Waals surface area contributed by atoms with Gasteiger partial charge < -0.3 is 0 Å². The molecule has 0 aliphatic rings. The van der Waals surface area contributed by atoms with Gasteiger partial charge in [0.25, 0.3) is 5.56 Å². The largest absolute Gasteiger partial charge is 0.299 e. The Labute approximate surface area is 137 Å². The van der Waals surface area contributed by atoms with Crippen molar-refractivity contribution in [2.24, 2.45) is 0 Å². The van der Waals surface area contributed by atoms with Gasteiger partial charge >= 0.3 is 0 Å². The molecule has 4 aromatic rings. The van der Waals surface area contributed by atoms with Gasteiger partial charge in [0.1, 0.15) is 5.69 Å². The van der Waals surface area contributed by atoms with Crippen LogP contribution in [0.15, 0.2) is 58.0 Å². The highest BCUT2D eigenvalue weighted by Crippen LogP contribution is 2.22. The molecule has 0 spiro atoms. The molecule has 2 aromatic heterocycles. The molecule has 0 amide bonds. The summed E-state index contributed by atoms with van der Waals surface area (Å²) in [7, 11) is 0. The summed E-state index contributed by atoms with van der Waals surface area (Å²) in [6.45, 7) is 2.07. The predicted octanol–water partition coefficient (Wildman–Crippen LogP) is 2.87. The van der Waals surface area contributed by atoms with Gasteiger partial charge in [-0.1, -0.05) is 54.1 Å². The first-order chi connectivity index (χ1) is 11.7. The lowest BCUT2D eigenvalue weighted by atomic mass is 10.00. The molecule has 0 aliphatic carbocycles. The number of rotatable bonds is 3. The number of hydrogen-bond donors (Lipinski definition) is 1. The molecule has 4 rings (SSSR count). The van der Waals surface area contributed by atoms with Gasteiger partial charge in [0.05, 0.1) is 0 Å². The zero-order valence-electron chi connectivity index (χ0n) is 13.0. The summed E-state index contributed by atoms with van der Waals surface area (Å²) in [5.41, 5.74) is 5.14. The summed E-state index contributed by atoms with van der Waals surface area (Å²) in [6, 6.07) is 16.4. The van der Waals surface area contributed by atoms with E-state index < -0.39 is 0 Å². The first-order valence-electron chi connectivity index (χ1n) is 7.56. The van der Waals surface area contributed by atoms with E-state index in [4.69, 9.17) is 0 Å². The van der Waals surface area contributed by atoms with Gasteiger partial charge in [0.15, 0.2) is 0 Å². The lowest BCUT2D eigenvalue weighted by Crippen LogP contribution is -2.15. The summed E-state index contributed by atoms with van der Waals surface area (Å²) in [5, 5.41) is 7.26. The van der Waals surface area contributed by atoms with Crippen LogP contribution in [0.3, 0.4) is 0 Å². The first-order valence-corrected chi connectivity index (χ1v) is 7.56. The second-order valence-corrected chi connectivity index (χ2v) is 5.70. The van der Waals surface area contributed by atoms with Crippen LogP contribution in [0.4, 0.5) is 0 Å². The number of nitrogens with zero attached hydrogens (tertiary/aromatic N) is 3. The molecule has 6 heteroatoms. The Morgan fingerprint density at radius 2 is 1.83 bits per heavy atom. The number of aromatic nitrogens is 4. The van der Waals surface area contributed by atoms with Crippen molar-refractivity contribution < 1.29 is 4.63 Å². The van der Waals surface area contributed by atoms with Crippen molar-refractivity contribution in [3.8, 4) is 11.1 Å². The van der Waals surface area contributed by atoms with Crippen molar-refractivity contribution >= 4 is 11.3 Å². The Morgan fingerprint density at radius 1 is 1.04 bits per heavy atom. The molecule has 2 aromatic carbocycles. The van der Waals surface area contributed by atoms with Crippen LogP contribution >= 0.6 is 0 Å². The lowest BCUT2D eigenvalue weighted by Gasteiger charge is -2.06. The van der Waals surface area contributed by atoms with Gasteiger partial charge in [-0.2, -0.15) is 0 Å². The average molecular weight is 318 g/mol. The maximum Gasteiger partial charge on any atom is 0.271 e. The zero-order chi connectivity index (χ0) is 16.5. The van der Waals surface area contributed by atoms with Gasteiger partial charge in [-0.3, -0.25) is 9.78 Å². The maximum absolute atomic E-state index is 12.1. The molecule has 0 fully saturated rings. The number of fused-ring (bicyclic) bond motifs is 1. The third kappa shape index (κ3) is 2.69. The van der Waals surface area contributed by atoms with Crippen LogP contribution in [0, 0.1) is 6.92 Å². The highest BCUT2D eigenvalue weighted by Gasteiger charge is 2.10. The monoisotopic (exact) mass is 318 g/mol. The first kappa shape index (κ1) is 14.3. The summed E-state index contributed by atoms with van der Waals surface area (Å²) in [5.74, 6) is 0. The highest BCUT2D eigenvalue weighted by atomic mass is 16.6. The minimum Gasteiger partial charge on any atom is -0.299 e. The lowest BCUT2D eigenvalue weighted by molar-refractivity contribution is 0.314. The molecule has 24 heavy (non-hydrogen) atoms. The second-order valence-electron chi connectivity index (χ2n) is 5.70. The van der Waals surface area contributed by atoms with Crippen LogP contribution < -0.4 is 5.56 Å². The average Bonchev–Trinajstić information content (AvgIpc) is 3.02. The van der Waals surface area contributed by atoms with E-state index in [1.165, 1.54) is 5.56 Å². The van der Waals surface area contributed by atoms with E-state index in [0.717, 1.165) is 16.7 Å². The Kier molecular flexibility index (Phi) is 3.42. The molecular weight excluding hydrogens is 304 g/mol. The molecule has 0 bridgehead atoms. The minimum absolute atomic E-state index is 0.261. The second kappa shape index (κ2) is 5.73. The standard InChI is InChI=1S/C18H14N4O2/c1-11-4-2-6-13(8-11)14-7-3-5-12(9-14)10-15-18(23)20-17-16(19-15)21-24-22-17/h2-9H,10H2,1H3,(H,20,22,23). The van der Waals surface area contributed by atoms with Crippen molar-refractivity contribution in [3.63, 3.8) is 0 Å². The van der Waals surface area contributed by atoms with E-state index >= 15 is 0 Å². The van der Waals surface area contributed by atoms with E-state index in [1.807, 2.05) is 18.2 Å². The summed E-state index contributed by atoms with van der Waals surface area (Å²) in [6.07, 6.45) is 0.414. The van der Waals surface area contributed by atoms with Gasteiger partial charge in [-0.05, 0) is 33.9 Å². The molecule has 118 valence electrons. The van der Waals surface area contributed by atoms with Gasteiger partial charge in [0.2, 0.25) is 11.3 Å². The minimum atomic E-state index is -0.279. The summed E-state index contributed by atoms with van der Waals surface area (Å²) < 4.78 is 4.58. The zero-order valence-corrected chi connectivity index (χ0v) is 13.0. The van der Waals surface area contributed by atoms with Crippen molar-refractivity contribution in [2.45, 2.75) is 13.3 Å². The van der Waals surface area contributed by atoms with E-state index in [0.29, 0.717) is 17.8 Å². The van der Waals surface area contributed by atoms with Gasteiger partial charge in [-0.25, -0.2) is 9.61 Å². The predicted molar refractivity (Wildman–Crippen MR) is 89.6 cm³/mol. The third-order valence-corrected chi connectivity index (χ3v) is 3.86. The van der Waals surface area contributed by atoms with Crippen LogP contribution in [0.25, 0.3) is 22.4 Å². The van der Waals surface area contributed by atoms with Crippen LogP contribution in [0.2, 0.25) is 0 Å². The number of nitrogens with one attached hydrogen (secondary N) is 1. The summed E-state index contributed by atoms with van der Waals surface area (Å²) in [4.78, 5) is 19.0. The number of aromatic amines is 1. The van der Waals surface area contributed by atoms with Crippen molar-refractivity contribution in [1.29, 1.82) is 0 Å². The molecule has 0 unspecified atom stereocenters. The van der Waals surface area contributed by atoms with E-state index in [1.54, 1.807) is 0 Å². The van der Waals surface area contributed by atoms with Crippen LogP contribution in [-0.2, 0) is 6.42 Å². The maximum atomic E-state index is 12.1. The molecule has 6 nitrogen and oxygen atoms in total. The number of benzene rings is 2. The molecule has 0 radical (unpaired) electrons. The fourth-order valence-corrected chi connectivity index (χ4v) is 2.69. The fraction of sp³-hybridized carbons (Fsp3) is 0.111. The van der Waals surface area contributed by atoms with Crippen LogP contribution in [0.5, 0.6) is 0 Å². The Bertz CT molecular complexity index is 1080.